The van der Waals surface area contributed by atoms with Gasteiger partial charge in [-0.2, -0.15) is 0 Å². The van der Waals surface area contributed by atoms with Gasteiger partial charge >= 0.3 is 0 Å². The van der Waals surface area contributed by atoms with Crippen molar-refractivity contribution in [2.75, 3.05) is 5.88 Å². The van der Waals surface area contributed by atoms with Crippen LogP contribution in [0.25, 0.3) is 0 Å². The third-order valence-corrected chi connectivity index (χ3v) is 1.49. The Labute approximate surface area is 60.5 Å². The van der Waals surface area contributed by atoms with Crippen molar-refractivity contribution in [3.63, 3.8) is 0 Å². The zero-order valence-electron chi connectivity index (χ0n) is 4.95. The average molecular weight is 153 g/mol. The Morgan fingerprint density at radius 1 is 1.62 bits per heavy atom. The maximum atomic E-state index is 5.57. The van der Waals surface area contributed by atoms with Crippen LogP contribution >= 0.6 is 23.2 Å². The monoisotopic (exact) mass is 152 g/mol. The molecule has 0 aromatic heterocycles. The Balaban J connectivity index is 3.26. The van der Waals surface area contributed by atoms with Crippen molar-refractivity contribution in [3.05, 3.63) is 11.1 Å². The molecule has 0 radical (unpaired) electrons. The molecule has 0 bridgehead atoms. The van der Waals surface area contributed by atoms with E-state index in [1.807, 2.05) is 6.08 Å². The third kappa shape index (κ3) is 4.48. The fraction of sp³-hybridized carbons (Fsp3) is 0.667. The molecule has 0 amide bonds. The van der Waals surface area contributed by atoms with Gasteiger partial charge in [0.25, 0.3) is 0 Å². The lowest BCUT2D eigenvalue weighted by Crippen LogP contribution is -1.71. The van der Waals surface area contributed by atoms with Gasteiger partial charge in [-0.05, 0) is 6.42 Å². The summed E-state index contributed by atoms with van der Waals surface area (Å²) in [5.74, 6) is 0.446. The smallest absolute Gasteiger partial charge is 0.0578 e. The van der Waals surface area contributed by atoms with Gasteiger partial charge in [0.05, 0.1) is 5.88 Å². The molecule has 48 valence electrons. The molecule has 0 atom stereocenters. The van der Waals surface area contributed by atoms with Crippen LogP contribution < -0.4 is 0 Å². The molecule has 0 aliphatic rings. The quantitative estimate of drug-likeness (QED) is 0.546. The van der Waals surface area contributed by atoms with E-state index in [4.69, 9.17) is 23.2 Å². The van der Waals surface area contributed by atoms with Crippen molar-refractivity contribution >= 4 is 23.2 Å². The Bertz CT molecular complexity index is 76.6. The SMILES string of the molecule is CCCC=C(Cl)CCl. The summed E-state index contributed by atoms with van der Waals surface area (Å²) >= 11 is 11.0. The van der Waals surface area contributed by atoms with E-state index in [-0.39, 0.29) is 0 Å². The van der Waals surface area contributed by atoms with Crippen LogP contribution in [0.4, 0.5) is 0 Å². The van der Waals surface area contributed by atoms with Crippen LogP contribution in [0, 0.1) is 0 Å². The lowest BCUT2D eigenvalue weighted by molar-refractivity contribution is 0.955. The molecule has 0 aliphatic carbocycles. The minimum Gasteiger partial charge on any atom is -0.121 e. The second kappa shape index (κ2) is 5.46. The van der Waals surface area contributed by atoms with Gasteiger partial charge in [-0.25, -0.2) is 0 Å². The zero-order chi connectivity index (χ0) is 6.41. The molecule has 0 unspecified atom stereocenters. The summed E-state index contributed by atoms with van der Waals surface area (Å²) in [5.41, 5.74) is 0. The molecule has 0 spiro atoms. The van der Waals surface area contributed by atoms with Gasteiger partial charge < -0.3 is 0 Å². The first-order chi connectivity index (χ1) is 3.81. The molecule has 0 aromatic carbocycles. The van der Waals surface area contributed by atoms with Crippen molar-refractivity contribution in [2.24, 2.45) is 0 Å². The number of hydrogen-bond donors (Lipinski definition) is 0. The van der Waals surface area contributed by atoms with E-state index in [9.17, 15) is 0 Å². The second-order valence-corrected chi connectivity index (χ2v) is 2.33. The molecule has 0 saturated heterocycles. The predicted octanol–water partition coefficient (Wildman–Crippen LogP) is 3.15. The van der Waals surface area contributed by atoms with Gasteiger partial charge in [-0.3, -0.25) is 0 Å². The summed E-state index contributed by atoms with van der Waals surface area (Å²) in [4.78, 5) is 0. The number of unbranched alkanes of at least 4 members (excludes halogenated alkanes) is 1. The van der Waals surface area contributed by atoms with Crippen LogP contribution in [-0.4, -0.2) is 5.88 Å². The number of rotatable bonds is 3. The van der Waals surface area contributed by atoms with E-state index < -0.39 is 0 Å². The third-order valence-electron chi connectivity index (χ3n) is 0.782. The highest BCUT2D eigenvalue weighted by Gasteiger charge is 1.84. The van der Waals surface area contributed by atoms with E-state index in [1.165, 1.54) is 0 Å². The summed E-state index contributed by atoms with van der Waals surface area (Å²) in [6.45, 7) is 2.11. The summed E-state index contributed by atoms with van der Waals surface area (Å²) < 4.78 is 0. The van der Waals surface area contributed by atoms with E-state index in [2.05, 4.69) is 6.92 Å². The molecule has 8 heavy (non-hydrogen) atoms. The number of hydrogen-bond acceptors (Lipinski definition) is 0. The largest absolute Gasteiger partial charge is 0.121 e. The van der Waals surface area contributed by atoms with E-state index in [0.29, 0.717) is 5.88 Å². The number of allylic oxidation sites excluding steroid dienone is 2. The van der Waals surface area contributed by atoms with Crippen molar-refractivity contribution in [3.8, 4) is 0 Å². The second-order valence-electron chi connectivity index (χ2n) is 1.57. The van der Waals surface area contributed by atoms with Gasteiger partial charge in [0.15, 0.2) is 0 Å². The summed E-state index contributed by atoms with van der Waals surface area (Å²) in [5, 5.41) is 0.758. The van der Waals surface area contributed by atoms with Crippen molar-refractivity contribution in [1.82, 2.24) is 0 Å². The highest BCUT2D eigenvalue weighted by Crippen LogP contribution is 2.05. The maximum absolute atomic E-state index is 5.57. The normalized spacial score (nSPS) is 12.1. The van der Waals surface area contributed by atoms with Gasteiger partial charge in [0.1, 0.15) is 0 Å². The van der Waals surface area contributed by atoms with Crippen molar-refractivity contribution in [1.29, 1.82) is 0 Å². The highest BCUT2D eigenvalue weighted by atomic mass is 35.5. The van der Waals surface area contributed by atoms with Gasteiger partial charge in [-0.15, -0.1) is 11.6 Å². The van der Waals surface area contributed by atoms with Crippen LogP contribution in [0.1, 0.15) is 19.8 Å². The van der Waals surface area contributed by atoms with Gasteiger partial charge in [-0.1, -0.05) is 31.0 Å². The fourth-order valence-electron chi connectivity index (χ4n) is 0.356. The first-order valence-electron chi connectivity index (χ1n) is 2.71. The van der Waals surface area contributed by atoms with Crippen LogP contribution in [-0.2, 0) is 0 Å². The first-order valence-corrected chi connectivity index (χ1v) is 3.63. The molecule has 0 nitrogen and oxygen atoms in total. The van der Waals surface area contributed by atoms with E-state index in [0.717, 1.165) is 17.9 Å². The Hall–Kier alpha value is 0.320. The summed E-state index contributed by atoms with van der Waals surface area (Å²) in [6, 6.07) is 0. The van der Waals surface area contributed by atoms with Gasteiger partial charge in [0, 0.05) is 5.03 Å². The van der Waals surface area contributed by atoms with Crippen molar-refractivity contribution in [2.45, 2.75) is 19.8 Å². The number of alkyl halides is 1. The summed E-state index contributed by atoms with van der Waals surface area (Å²) in [6.07, 6.45) is 4.12. The molecule has 0 aliphatic heterocycles. The van der Waals surface area contributed by atoms with Crippen molar-refractivity contribution < 1.29 is 0 Å². The fourth-order valence-corrected chi connectivity index (χ4v) is 0.574. The molecule has 0 fully saturated rings. The lowest BCUT2D eigenvalue weighted by atomic mass is 10.3. The van der Waals surface area contributed by atoms with Crippen LogP contribution in [0.15, 0.2) is 11.1 Å². The first kappa shape index (κ1) is 8.32. The van der Waals surface area contributed by atoms with Crippen LogP contribution in [0.5, 0.6) is 0 Å². The Kier molecular flexibility index (Phi) is 5.67. The molecule has 0 heterocycles. The molecule has 0 N–H and O–H groups in total. The number of halogens is 2. The minimum absolute atomic E-state index is 0.446. The maximum Gasteiger partial charge on any atom is 0.0578 e. The predicted molar refractivity (Wildman–Crippen MR) is 39.6 cm³/mol. The Morgan fingerprint density at radius 2 is 2.25 bits per heavy atom. The molecule has 0 saturated carbocycles. The molecular formula is C6H10Cl2. The zero-order valence-corrected chi connectivity index (χ0v) is 6.47. The summed E-state index contributed by atoms with van der Waals surface area (Å²) in [7, 11) is 0. The lowest BCUT2D eigenvalue weighted by Gasteiger charge is -1.87. The standard InChI is InChI=1S/C6H10Cl2/c1-2-3-4-6(8)5-7/h4H,2-3,5H2,1H3. The van der Waals surface area contributed by atoms with Crippen LogP contribution in [0.3, 0.4) is 0 Å². The molecule has 0 aromatic rings. The topological polar surface area (TPSA) is 0 Å². The van der Waals surface area contributed by atoms with E-state index >= 15 is 0 Å². The average Bonchev–Trinajstić information content (AvgIpc) is 1.83. The minimum atomic E-state index is 0.446. The molecular weight excluding hydrogens is 143 g/mol. The van der Waals surface area contributed by atoms with Gasteiger partial charge in [0.2, 0.25) is 0 Å². The Morgan fingerprint density at radius 3 is 2.62 bits per heavy atom. The van der Waals surface area contributed by atoms with Crippen LogP contribution in [0.2, 0.25) is 0 Å². The molecule has 2 heteroatoms. The molecule has 0 rings (SSSR count). The highest BCUT2D eigenvalue weighted by molar-refractivity contribution is 6.35. The van der Waals surface area contributed by atoms with E-state index in [1.54, 1.807) is 0 Å².